The van der Waals surface area contributed by atoms with Gasteiger partial charge in [-0.15, -0.1) is 0 Å². The Morgan fingerprint density at radius 3 is 3.11 bits per heavy atom. The zero-order chi connectivity index (χ0) is 12.7. The second-order valence-electron chi connectivity index (χ2n) is 4.77. The monoisotopic (exact) mass is 248 g/mol. The van der Waals surface area contributed by atoms with Gasteiger partial charge < -0.3 is 10.6 Å². The molecule has 0 aromatic carbocycles. The summed E-state index contributed by atoms with van der Waals surface area (Å²) in [4.78, 5) is 22.4. The molecule has 1 aliphatic rings. The largest absolute Gasteiger partial charge is 0.340 e. The zero-order valence-corrected chi connectivity index (χ0v) is 10.3. The summed E-state index contributed by atoms with van der Waals surface area (Å²) in [5.41, 5.74) is 6.48. The lowest BCUT2D eigenvalue weighted by atomic mass is 10.1. The number of nitrogens with two attached hydrogens (primary N) is 1. The smallest absolute Gasteiger partial charge is 0.274 e. The highest BCUT2D eigenvalue weighted by atomic mass is 16.1. The SMILES string of the molecule is Cc1cc(=O)n2[nH]c(N3CCCC(N)C3)nc2n1. The van der Waals surface area contributed by atoms with E-state index in [1.165, 1.54) is 10.6 Å². The predicted molar refractivity (Wildman–Crippen MR) is 67.8 cm³/mol. The zero-order valence-electron chi connectivity index (χ0n) is 10.3. The lowest BCUT2D eigenvalue weighted by Gasteiger charge is -2.29. The molecule has 3 N–H and O–H groups in total. The van der Waals surface area contributed by atoms with Crippen molar-refractivity contribution in [3.8, 4) is 0 Å². The van der Waals surface area contributed by atoms with Crippen molar-refractivity contribution < 1.29 is 0 Å². The minimum absolute atomic E-state index is 0.141. The Hall–Kier alpha value is -1.89. The fourth-order valence-corrected chi connectivity index (χ4v) is 2.33. The van der Waals surface area contributed by atoms with Gasteiger partial charge in [0.25, 0.3) is 11.3 Å². The van der Waals surface area contributed by atoms with Gasteiger partial charge in [0, 0.05) is 30.9 Å². The van der Waals surface area contributed by atoms with Crippen LogP contribution in [0.25, 0.3) is 5.78 Å². The van der Waals surface area contributed by atoms with Crippen molar-refractivity contribution in [2.24, 2.45) is 5.73 Å². The predicted octanol–water partition coefficient (Wildman–Crippen LogP) is -0.346. The van der Waals surface area contributed by atoms with Crippen LogP contribution in [0.2, 0.25) is 0 Å². The Labute approximate surface area is 104 Å². The van der Waals surface area contributed by atoms with E-state index in [0.29, 0.717) is 17.4 Å². The highest BCUT2D eigenvalue weighted by molar-refractivity contribution is 5.40. The van der Waals surface area contributed by atoms with E-state index in [1.54, 1.807) is 6.92 Å². The summed E-state index contributed by atoms with van der Waals surface area (Å²) in [5, 5.41) is 2.98. The van der Waals surface area contributed by atoms with Crippen molar-refractivity contribution in [1.82, 2.24) is 19.6 Å². The van der Waals surface area contributed by atoms with Crippen LogP contribution in [0.1, 0.15) is 18.5 Å². The molecule has 0 saturated carbocycles. The number of nitrogens with zero attached hydrogens (tertiary/aromatic N) is 4. The second kappa shape index (κ2) is 4.09. The number of aryl methyl sites for hydroxylation is 1. The molecule has 1 fully saturated rings. The Morgan fingerprint density at radius 2 is 2.33 bits per heavy atom. The van der Waals surface area contributed by atoms with Crippen molar-refractivity contribution in [3.05, 3.63) is 22.1 Å². The molecule has 18 heavy (non-hydrogen) atoms. The van der Waals surface area contributed by atoms with Gasteiger partial charge in [-0.3, -0.25) is 9.89 Å². The topological polar surface area (TPSA) is 92.3 Å². The van der Waals surface area contributed by atoms with Crippen LogP contribution in [-0.2, 0) is 0 Å². The van der Waals surface area contributed by atoms with Crippen LogP contribution in [0.15, 0.2) is 10.9 Å². The molecule has 1 saturated heterocycles. The van der Waals surface area contributed by atoms with Gasteiger partial charge in [-0.05, 0) is 19.8 Å². The molecular weight excluding hydrogens is 232 g/mol. The summed E-state index contributed by atoms with van der Waals surface area (Å²) in [6, 6.07) is 1.65. The molecular formula is C11H16N6O. The van der Waals surface area contributed by atoms with Crippen LogP contribution in [-0.4, -0.2) is 38.7 Å². The Kier molecular flexibility index (Phi) is 2.55. The Morgan fingerprint density at radius 1 is 1.50 bits per heavy atom. The lowest BCUT2D eigenvalue weighted by molar-refractivity contribution is 0.500. The number of hydrogen-bond acceptors (Lipinski definition) is 5. The van der Waals surface area contributed by atoms with E-state index in [0.717, 1.165) is 25.9 Å². The number of nitrogens with one attached hydrogen (secondary N) is 1. The summed E-state index contributed by atoms with van der Waals surface area (Å²) < 4.78 is 1.36. The molecule has 3 rings (SSSR count). The number of H-pyrrole nitrogens is 1. The molecule has 1 atom stereocenters. The minimum Gasteiger partial charge on any atom is -0.340 e. The van der Waals surface area contributed by atoms with E-state index in [2.05, 4.69) is 20.0 Å². The number of piperidine rings is 1. The number of fused-ring (bicyclic) bond motifs is 1. The van der Waals surface area contributed by atoms with Gasteiger partial charge in [-0.1, -0.05) is 0 Å². The number of rotatable bonds is 1. The van der Waals surface area contributed by atoms with E-state index < -0.39 is 0 Å². The van der Waals surface area contributed by atoms with Crippen LogP contribution >= 0.6 is 0 Å². The van der Waals surface area contributed by atoms with Gasteiger partial charge >= 0.3 is 0 Å². The summed E-state index contributed by atoms with van der Waals surface area (Å²) in [6.45, 7) is 3.45. The molecule has 0 spiro atoms. The van der Waals surface area contributed by atoms with Gasteiger partial charge in [-0.25, -0.2) is 4.98 Å². The molecule has 1 unspecified atom stereocenters. The maximum Gasteiger partial charge on any atom is 0.274 e. The van der Waals surface area contributed by atoms with Gasteiger partial charge in [0.2, 0.25) is 5.95 Å². The maximum atomic E-state index is 11.8. The molecule has 96 valence electrons. The first-order valence-electron chi connectivity index (χ1n) is 6.10. The van der Waals surface area contributed by atoms with Gasteiger partial charge in [0.1, 0.15) is 0 Å². The average Bonchev–Trinajstić information content (AvgIpc) is 2.73. The summed E-state index contributed by atoms with van der Waals surface area (Å²) in [7, 11) is 0. The van der Waals surface area contributed by atoms with E-state index >= 15 is 0 Å². The van der Waals surface area contributed by atoms with Crippen LogP contribution in [0.4, 0.5) is 5.95 Å². The average molecular weight is 248 g/mol. The van der Waals surface area contributed by atoms with Crippen LogP contribution in [0, 0.1) is 6.92 Å². The molecule has 0 radical (unpaired) electrons. The number of aromatic nitrogens is 4. The first-order chi connectivity index (χ1) is 8.63. The van der Waals surface area contributed by atoms with Gasteiger partial charge in [-0.2, -0.15) is 9.50 Å². The summed E-state index contributed by atoms with van der Waals surface area (Å²) >= 11 is 0. The molecule has 7 nitrogen and oxygen atoms in total. The maximum absolute atomic E-state index is 11.8. The highest BCUT2D eigenvalue weighted by Gasteiger charge is 2.20. The third kappa shape index (κ3) is 1.86. The van der Waals surface area contributed by atoms with Crippen molar-refractivity contribution in [3.63, 3.8) is 0 Å². The standard InChI is InChI=1S/C11H16N6O/c1-7-5-9(18)17-10(13-7)14-11(15-17)16-4-2-3-8(12)6-16/h5,8H,2-4,6,12H2,1H3,(H,13,14,15). The Bertz CT molecular complexity index is 630. The van der Waals surface area contributed by atoms with Crippen molar-refractivity contribution in [2.75, 3.05) is 18.0 Å². The first kappa shape index (κ1) is 11.2. The molecule has 0 amide bonds. The fourth-order valence-electron chi connectivity index (χ4n) is 2.33. The van der Waals surface area contributed by atoms with Gasteiger partial charge in [0.05, 0.1) is 0 Å². The quantitative estimate of drug-likeness (QED) is 0.720. The molecule has 7 heteroatoms. The number of aromatic amines is 1. The normalized spacial score (nSPS) is 20.6. The highest BCUT2D eigenvalue weighted by Crippen LogP contribution is 2.15. The fraction of sp³-hybridized carbons (Fsp3) is 0.545. The Balaban J connectivity index is 2.03. The second-order valence-corrected chi connectivity index (χ2v) is 4.77. The van der Waals surface area contributed by atoms with E-state index in [-0.39, 0.29) is 11.6 Å². The third-order valence-electron chi connectivity index (χ3n) is 3.20. The van der Waals surface area contributed by atoms with E-state index in [9.17, 15) is 4.79 Å². The number of hydrogen-bond donors (Lipinski definition) is 2. The van der Waals surface area contributed by atoms with E-state index in [1.807, 2.05) is 0 Å². The number of anilines is 1. The van der Waals surface area contributed by atoms with Crippen molar-refractivity contribution in [1.29, 1.82) is 0 Å². The van der Waals surface area contributed by atoms with Crippen LogP contribution in [0.3, 0.4) is 0 Å². The molecule has 3 heterocycles. The first-order valence-corrected chi connectivity index (χ1v) is 6.10. The van der Waals surface area contributed by atoms with Crippen LogP contribution in [0.5, 0.6) is 0 Å². The summed E-state index contributed by atoms with van der Waals surface area (Å²) in [6.07, 6.45) is 2.08. The lowest BCUT2D eigenvalue weighted by Crippen LogP contribution is -2.43. The van der Waals surface area contributed by atoms with Crippen LogP contribution < -0.4 is 16.2 Å². The van der Waals surface area contributed by atoms with E-state index in [4.69, 9.17) is 5.73 Å². The molecule has 0 aliphatic carbocycles. The third-order valence-corrected chi connectivity index (χ3v) is 3.20. The van der Waals surface area contributed by atoms with Crippen molar-refractivity contribution in [2.45, 2.75) is 25.8 Å². The molecule has 2 aromatic heterocycles. The van der Waals surface area contributed by atoms with Gasteiger partial charge in [0.15, 0.2) is 0 Å². The van der Waals surface area contributed by atoms with Crippen molar-refractivity contribution >= 4 is 11.7 Å². The molecule has 2 aromatic rings. The molecule has 0 bridgehead atoms. The minimum atomic E-state index is -0.141. The molecule has 1 aliphatic heterocycles. The summed E-state index contributed by atoms with van der Waals surface area (Å²) in [5.74, 6) is 1.08.